The van der Waals surface area contributed by atoms with Crippen LogP contribution in [0.2, 0.25) is 5.02 Å². The van der Waals surface area contributed by atoms with Gasteiger partial charge in [-0.15, -0.1) is 0 Å². The van der Waals surface area contributed by atoms with E-state index in [0.717, 1.165) is 0 Å². The molecule has 2 aromatic rings. The molecule has 7 nitrogen and oxygen atoms in total. The third-order valence-corrected chi connectivity index (χ3v) is 2.33. The average molecular weight is 272 g/mol. The predicted molar refractivity (Wildman–Crippen MR) is 62.1 cm³/mol. The van der Waals surface area contributed by atoms with Crippen LogP contribution < -0.4 is 11.1 Å². The number of oxime groups is 1. The second-order valence-corrected chi connectivity index (χ2v) is 3.58. The van der Waals surface area contributed by atoms with E-state index in [1.165, 1.54) is 18.2 Å². The van der Waals surface area contributed by atoms with Crippen LogP contribution in [0.1, 0.15) is 5.69 Å². The molecular formula is C9H7ClFN5O2. The molecule has 0 saturated carbocycles. The van der Waals surface area contributed by atoms with E-state index in [1.807, 2.05) is 0 Å². The van der Waals surface area contributed by atoms with E-state index < -0.39 is 5.82 Å². The molecule has 1 aromatic heterocycles. The SMILES string of the molecule is Nc1nonc1/C(=N\O)Nc1cccc(Cl)c1F. The molecule has 0 atom stereocenters. The summed E-state index contributed by atoms with van der Waals surface area (Å²) in [4.78, 5) is 0. The maximum Gasteiger partial charge on any atom is 0.203 e. The largest absolute Gasteiger partial charge is 0.409 e. The van der Waals surface area contributed by atoms with Gasteiger partial charge in [-0.05, 0) is 22.4 Å². The molecule has 1 aromatic carbocycles. The van der Waals surface area contributed by atoms with Gasteiger partial charge in [0, 0.05) is 0 Å². The van der Waals surface area contributed by atoms with Crippen LogP contribution in [0.3, 0.4) is 0 Å². The van der Waals surface area contributed by atoms with Crippen molar-refractivity contribution in [3.05, 3.63) is 34.7 Å². The van der Waals surface area contributed by atoms with Crippen LogP contribution in [0.15, 0.2) is 28.0 Å². The number of rotatable bonds is 2. The fourth-order valence-corrected chi connectivity index (χ4v) is 1.39. The number of hydrogen-bond acceptors (Lipinski definition) is 6. The number of hydrogen-bond donors (Lipinski definition) is 3. The van der Waals surface area contributed by atoms with Gasteiger partial charge in [0.05, 0.1) is 10.7 Å². The third kappa shape index (κ3) is 2.18. The van der Waals surface area contributed by atoms with Crippen molar-refractivity contribution in [3.8, 4) is 0 Å². The van der Waals surface area contributed by atoms with E-state index in [0.29, 0.717) is 0 Å². The van der Waals surface area contributed by atoms with E-state index in [-0.39, 0.29) is 28.1 Å². The molecule has 2 rings (SSSR count). The highest BCUT2D eigenvalue weighted by atomic mass is 35.5. The Morgan fingerprint density at radius 1 is 1.50 bits per heavy atom. The van der Waals surface area contributed by atoms with Gasteiger partial charge in [-0.3, -0.25) is 0 Å². The molecule has 0 aliphatic heterocycles. The molecule has 0 radical (unpaired) electrons. The van der Waals surface area contributed by atoms with Crippen molar-refractivity contribution in [2.75, 3.05) is 11.1 Å². The standard InChI is InChI=1S/C9H7ClFN5O2/c10-4-2-1-3-5(6(4)11)13-9(14-17)7-8(12)16-18-15-7/h1-3,17H,(H2,12,16)(H,13,14). The van der Waals surface area contributed by atoms with E-state index in [4.69, 9.17) is 22.5 Å². The van der Waals surface area contributed by atoms with Crippen LogP contribution in [0.25, 0.3) is 0 Å². The molecule has 18 heavy (non-hydrogen) atoms. The van der Waals surface area contributed by atoms with Gasteiger partial charge in [-0.2, -0.15) is 0 Å². The van der Waals surface area contributed by atoms with E-state index in [2.05, 4.69) is 25.4 Å². The maximum atomic E-state index is 13.6. The highest BCUT2D eigenvalue weighted by Crippen LogP contribution is 2.22. The normalized spacial score (nSPS) is 11.6. The van der Waals surface area contributed by atoms with Gasteiger partial charge in [-0.1, -0.05) is 22.8 Å². The lowest BCUT2D eigenvalue weighted by Gasteiger charge is -2.07. The molecular weight excluding hydrogens is 265 g/mol. The fraction of sp³-hybridized carbons (Fsp3) is 0. The highest BCUT2D eigenvalue weighted by Gasteiger charge is 2.17. The molecule has 0 aliphatic rings. The number of nitrogens with zero attached hydrogens (tertiary/aromatic N) is 3. The van der Waals surface area contributed by atoms with Crippen molar-refractivity contribution < 1.29 is 14.2 Å². The van der Waals surface area contributed by atoms with Gasteiger partial charge in [0.1, 0.15) is 0 Å². The number of aromatic nitrogens is 2. The zero-order valence-corrected chi connectivity index (χ0v) is 9.52. The van der Waals surface area contributed by atoms with Gasteiger partial charge < -0.3 is 16.3 Å². The first-order valence-electron chi connectivity index (χ1n) is 4.65. The lowest BCUT2D eigenvalue weighted by Crippen LogP contribution is -2.16. The Kier molecular flexibility index (Phi) is 3.28. The number of nitrogens with one attached hydrogen (secondary N) is 1. The monoisotopic (exact) mass is 271 g/mol. The minimum Gasteiger partial charge on any atom is -0.409 e. The first-order chi connectivity index (χ1) is 8.63. The summed E-state index contributed by atoms with van der Waals surface area (Å²) in [5.74, 6) is -1.01. The van der Waals surface area contributed by atoms with Crippen molar-refractivity contribution in [3.63, 3.8) is 0 Å². The van der Waals surface area contributed by atoms with Crippen LogP contribution in [-0.2, 0) is 0 Å². The molecule has 4 N–H and O–H groups in total. The van der Waals surface area contributed by atoms with Crippen LogP contribution in [0, 0.1) is 5.82 Å². The molecule has 0 fully saturated rings. The van der Waals surface area contributed by atoms with Crippen LogP contribution in [0.5, 0.6) is 0 Å². The van der Waals surface area contributed by atoms with E-state index >= 15 is 0 Å². The van der Waals surface area contributed by atoms with Crippen molar-refractivity contribution >= 4 is 28.9 Å². The smallest absolute Gasteiger partial charge is 0.203 e. The van der Waals surface area contributed by atoms with Gasteiger partial charge in [0.2, 0.25) is 5.84 Å². The maximum absolute atomic E-state index is 13.6. The van der Waals surface area contributed by atoms with Gasteiger partial charge in [-0.25, -0.2) is 9.02 Å². The summed E-state index contributed by atoms with van der Waals surface area (Å²) in [5, 5.41) is 20.9. The average Bonchev–Trinajstić information content (AvgIpc) is 2.77. The summed E-state index contributed by atoms with van der Waals surface area (Å²) < 4.78 is 18.0. The van der Waals surface area contributed by atoms with Crippen molar-refractivity contribution in [2.24, 2.45) is 5.16 Å². The minimum absolute atomic E-state index is 0.00213. The summed E-state index contributed by atoms with van der Waals surface area (Å²) in [5.41, 5.74) is 5.37. The van der Waals surface area contributed by atoms with E-state index in [1.54, 1.807) is 0 Å². The molecule has 0 bridgehead atoms. The molecule has 0 aliphatic carbocycles. The molecule has 0 spiro atoms. The number of nitrogen functional groups attached to an aromatic ring is 1. The van der Waals surface area contributed by atoms with Gasteiger partial charge in [0.15, 0.2) is 17.3 Å². The lowest BCUT2D eigenvalue weighted by molar-refractivity contribution is 0.305. The van der Waals surface area contributed by atoms with Gasteiger partial charge in [0.25, 0.3) is 0 Å². The Balaban J connectivity index is 2.33. The Morgan fingerprint density at radius 2 is 2.28 bits per heavy atom. The van der Waals surface area contributed by atoms with Gasteiger partial charge >= 0.3 is 0 Å². The Hall–Kier alpha value is -2.35. The van der Waals surface area contributed by atoms with Crippen LogP contribution in [0.4, 0.5) is 15.9 Å². The Bertz CT molecular complexity index is 600. The molecule has 0 unspecified atom stereocenters. The first kappa shape index (κ1) is 12.1. The summed E-state index contributed by atoms with van der Waals surface area (Å²) in [7, 11) is 0. The summed E-state index contributed by atoms with van der Waals surface area (Å²) >= 11 is 5.61. The zero-order valence-electron chi connectivity index (χ0n) is 8.76. The Labute approximate surface area is 105 Å². The second kappa shape index (κ2) is 4.88. The quantitative estimate of drug-likeness (QED) is 0.332. The van der Waals surface area contributed by atoms with Crippen molar-refractivity contribution in [1.82, 2.24) is 10.3 Å². The number of halogens is 2. The molecule has 1 heterocycles. The molecule has 9 heteroatoms. The van der Waals surface area contributed by atoms with Crippen molar-refractivity contribution in [1.29, 1.82) is 0 Å². The van der Waals surface area contributed by atoms with E-state index in [9.17, 15) is 4.39 Å². The molecule has 94 valence electrons. The molecule has 0 amide bonds. The van der Waals surface area contributed by atoms with Crippen molar-refractivity contribution in [2.45, 2.75) is 0 Å². The Morgan fingerprint density at radius 3 is 2.89 bits per heavy atom. The molecule has 0 saturated heterocycles. The number of nitrogens with two attached hydrogens (primary N) is 1. The predicted octanol–water partition coefficient (Wildman–Crippen LogP) is 1.69. The minimum atomic E-state index is -0.699. The number of amidine groups is 1. The summed E-state index contributed by atoms with van der Waals surface area (Å²) in [6.07, 6.45) is 0. The number of benzene rings is 1. The van der Waals surface area contributed by atoms with Crippen LogP contribution >= 0.6 is 11.6 Å². The number of anilines is 2. The summed E-state index contributed by atoms with van der Waals surface area (Å²) in [6, 6.07) is 4.30. The third-order valence-electron chi connectivity index (χ3n) is 2.04. The first-order valence-corrected chi connectivity index (χ1v) is 5.02. The zero-order chi connectivity index (χ0) is 13.1. The van der Waals surface area contributed by atoms with Crippen LogP contribution in [-0.4, -0.2) is 21.4 Å². The second-order valence-electron chi connectivity index (χ2n) is 3.17. The lowest BCUT2D eigenvalue weighted by atomic mass is 10.3. The fourth-order valence-electron chi connectivity index (χ4n) is 1.22. The topological polar surface area (TPSA) is 110 Å². The highest BCUT2D eigenvalue weighted by molar-refractivity contribution is 6.31. The summed E-state index contributed by atoms with van der Waals surface area (Å²) in [6.45, 7) is 0.